The Morgan fingerprint density at radius 1 is 1.50 bits per heavy atom. The highest BCUT2D eigenvalue weighted by atomic mass is 19.4. The Morgan fingerprint density at radius 2 is 2.19 bits per heavy atom. The van der Waals surface area contributed by atoms with Crippen LogP contribution in [0.25, 0.3) is 0 Å². The Morgan fingerprint density at radius 3 is 2.69 bits per heavy atom. The van der Waals surface area contributed by atoms with Crippen molar-refractivity contribution in [2.45, 2.75) is 32.0 Å². The van der Waals surface area contributed by atoms with Gasteiger partial charge in [0.25, 0.3) is 0 Å². The summed E-state index contributed by atoms with van der Waals surface area (Å²) in [6, 6.07) is -0.555. The monoisotopic (exact) mass is 235 g/mol. The number of hydrogen-bond donors (Lipinski definition) is 1. The minimum Gasteiger partial charge on any atom is -0.338 e. The zero-order valence-corrected chi connectivity index (χ0v) is 9.38. The van der Waals surface area contributed by atoms with Gasteiger partial charge >= 0.3 is 6.18 Å². The van der Waals surface area contributed by atoms with Gasteiger partial charge in [-0.25, -0.2) is 4.98 Å². The van der Waals surface area contributed by atoms with Gasteiger partial charge in [-0.2, -0.15) is 13.2 Å². The molecule has 0 fully saturated rings. The van der Waals surface area contributed by atoms with Crippen LogP contribution in [0.1, 0.15) is 19.2 Å². The maximum atomic E-state index is 12.0. The molecule has 0 spiro atoms. The number of aryl methyl sites for hydroxylation is 1. The summed E-state index contributed by atoms with van der Waals surface area (Å²) in [5.41, 5.74) is 0. The van der Waals surface area contributed by atoms with E-state index in [9.17, 15) is 13.2 Å². The molecule has 92 valence electrons. The molecule has 1 heterocycles. The van der Waals surface area contributed by atoms with Crippen LogP contribution < -0.4 is 5.32 Å². The molecule has 0 aliphatic rings. The third-order valence-electron chi connectivity index (χ3n) is 2.30. The van der Waals surface area contributed by atoms with E-state index in [2.05, 4.69) is 10.3 Å². The predicted octanol–water partition coefficient (Wildman–Crippen LogP) is 1.89. The van der Waals surface area contributed by atoms with Gasteiger partial charge < -0.3 is 9.88 Å². The predicted molar refractivity (Wildman–Crippen MR) is 55.0 cm³/mol. The molecule has 6 heteroatoms. The normalized spacial score (nSPS) is 14.1. The number of imidazole rings is 1. The Hall–Kier alpha value is -1.04. The SMILES string of the molecule is CC(CC(F)(F)F)NCCc1nccn1C. The molecule has 16 heavy (non-hydrogen) atoms. The van der Waals surface area contributed by atoms with E-state index >= 15 is 0 Å². The van der Waals surface area contributed by atoms with E-state index in [1.165, 1.54) is 6.92 Å². The fourth-order valence-corrected chi connectivity index (χ4v) is 1.49. The van der Waals surface area contributed by atoms with E-state index in [4.69, 9.17) is 0 Å². The van der Waals surface area contributed by atoms with Crippen molar-refractivity contribution in [3.05, 3.63) is 18.2 Å². The number of rotatable bonds is 5. The largest absolute Gasteiger partial charge is 0.390 e. The molecule has 1 atom stereocenters. The number of alkyl halides is 3. The highest BCUT2D eigenvalue weighted by Gasteiger charge is 2.29. The molecule has 1 aromatic heterocycles. The Balaban J connectivity index is 2.23. The van der Waals surface area contributed by atoms with Gasteiger partial charge in [-0.1, -0.05) is 0 Å². The fourth-order valence-electron chi connectivity index (χ4n) is 1.49. The average Bonchev–Trinajstić information content (AvgIpc) is 2.48. The van der Waals surface area contributed by atoms with Crippen LogP contribution in [0.15, 0.2) is 12.4 Å². The molecule has 1 aromatic rings. The highest BCUT2D eigenvalue weighted by Crippen LogP contribution is 2.21. The number of aromatic nitrogens is 2. The van der Waals surface area contributed by atoms with Crippen molar-refractivity contribution >= 4 is 0 Å². The maximum Gasteiger partial charge on any atom is 0.390 e. The Labute approximate surface area is 92.7 Å². The number of halogens is 3. The minimum atomic E-state index is -4.10. The lowest BCUT2D eigenvalue weighted by Gasteiger charge is -2.15. The third kappa shape index (κ3) is 4.65. The van der Waals surface area contributed by atoms with Gasteiger partial charge in [-0.15, -0.1) is 0 Å². The molecular formula is C10H16F3N3. The Kier molecular flexibility index (Phi) is 4.35. The average molecular weight is 235 g/mol. The van der Waals surface area contributed by atoms with Crippen molar-refractivity contribution in [2.75, 3.05) is 6.54 Å². The van der Waals surface area contributed by atoms with Crippen molar-refractivity contribution in [2.24, 2.45) is 7.05 Å². The number of hydrogen-bond acceptors (Lipinski definition) is 2. The molecule has 0 aliphatic heterocycles. The van der Waals surface area contributed by atoms with Crippen molar-refractivity contribution in [1.29, 1.82) is 0 Å². The zero-order chi connectivity index (χ0) is 12.2. The molecule has 0 radical (unpaired) electrons. The van der Waals surface area contributed by atoms with E-state index in [0.29, 0.717) is 13.0 Å². The van der Waals surface area contributed by atoms with Crippen LogP contribution in [-0.2, 0) is 13.5 Å². The summed E-state index contributed by atoms with van der Waals surface area (Å²) in [5, 5.41) is 2.83. The first-order valence-corrected chi connectivity index (χ1v) is 5.15. The summed E-state index contributed by atoms with van der Waals surface area (Å²) in [5.74, 6) is 0.867. The topological polar surface area (TPSA) is 29.9 Å². The summed E-state index contributed by atoms with van der Waals surface area (Å²) in [6.07, 6.45) is -0.780. The molecule has 0 bridgehead atoms. The van der Waals surface area contributed by atoms with Crippen LogP contribution in [0, 0.1) is 0 Å². The van der Waals surface area contributed by atoms with Crippen molar-refractivity contribution in [3.63, 3.8) is 0 Å². The zero-order valence-electron chi connectivity index (χ0n) is 9.38. The first-order valence-electron chi connectivity index (χ1n) is 5.15. The van der Waals surface area contributed by atoms with E-state index in [1.54, 1.807) is 6.20 Å². The van der Waals surface area contributed by atoms with Gasteiger partial charge in [-0.3, -0.25) is 0 Å². The lowest BCUT2D eigenvalue weighted by Crippen LogP contribution is -2.32. The van der Waals surface area contributed by atoms with Gasteiger partial charge in [0.05, 0.1) is 6.42 Å². The van der Waals surface area contributed by atoms with E-state index in [-0.39, 0.29) is 0 Å². The molecule has 1 N–H and O–H groups in total. The first kappa shape index (κ1) is 13.0. The van der Waals surface area contributed by atoms with Crippen molar-refractivity contribution in [3.8, 4) is 0 Å². The van der Waals surface area contributed by atoms with Crippen LogP contribution in [0.5, 0.6) is 0 Å². The minimum absolute atomic E-state index is 0.502. The smallest absolute Gasteiger partial charge is 0.338 e. The molecule has 0 amide bonds. The summed E-state index contributed by atoms with van der Waals surface area (Å²) < 4.78 is 37.9. The highest BCUT2D eigenvalue weighted by molar-refractivity contribution is 4.91. The van der Waals surface area contributed by atoms with Crippen molar-refractivity contribution in [1.82, 2.24) is 14.9 Å². The summed E-state index contributed by atoms with van der Waals surface area (Å²) in [4.78, 5) is 4.09. The van der Waals surface area contributed by atoms with Crippen LogP contribution in [0.4, 0.5) is 13.2 Å². The van der Waals surface area contributed by atoms with Crippen LogP contribution in [0.3, 0.4) is 0 Å². The number of nitrogens with one attached hydrogen (secondary N) is 1. The molecule has 0 saturated carbocycles. The summed E-state index contributed by atoms with van der Waals surface area (Å²) in [7, 11) is 1.86. The van der Waals surface area contributed by atoms with Gasteiger partial charge in [0.1, 0.15) is 5.82 Å². The first-order chi connectivity index (χ1) is 7.38. The molecule has 0 saturated heterocycles. The van der Waals surface area contributed by atoms with Gasteiger partial charge in [0, 0.05) is 38.4 Å². The second-order valence-corrected chi connectivity index (χ2v) is 3.88. The second kappa shape index (κ2) is 5.34. The van der Waals surface area contributed by atoms with E-state index in [0.717, 1.165) is 5.82 Å². The summed E-state index contributed by atoms with van der Waals surface area (Å²) >= 11 is 0. The second-order valence-electron chi connectivity index (χ2n) is 3.88. The Bertz CT molecular complexity index is 319. The van der Waals surface area contributed by atoms with E-state index in [1.807, 2.05) is 17.8 Å². The van der Waals surface area contributed by atoms with Crippen LogP contribution in [-0.4, -0.2) is 28.3 Å². The molecule has 1 unspecified atom stereocenters. The lowest BCUT2D eigenvalue weighted by molar-refractivity contribution is -0.138. The molecule has 1 rings (SSSR count). The summed E-state index contributed by atoms with van der Waals surface area (Å²) in [6.45, 7) is 2.04. The van der Waals surface area contributed by atoms with Gasteiger partial charge in [-0.05, 0) is 6.92 Å². The lowest BCUT2D eigenvalue weighted by atomic mass is 10.2. The third-order valence-corrected chi connectivity index (χ3v) is 2.30. The van der Waals surface area contributed by atoms with Crippen molar-refractivity contribution < 1.29 is 13.2 Å². The molecule has 0 aromatic carbocycles. The maximum absolute atomic E-state index is 12.0. The standard InChI is InChI=1S/C10H16F3N3/c1-8(7-10(11,12)13)14-4-3-9-15-5-6-16(9)2/h5-6,8,14H,3-4,7H2,1-2H3. The molecular weight excluding hydrogens is 219 g/mol. The van der Waals surface area contributed by atoms with Crippen LogP contribution in [0.2, 0.25) is 0 Å². The molecule has 0 aliphatic carbocycles. The van der Waals surface area contributed by atoms with Gasteiger partial charge in [0.15, 0.2) is 0 Å². The van der Waals surface area contributed by atoms with Crippen LogP contribution >= 0.6 is 0 Å². The number of nitrogens with zero attached hydrogens (tertiary/aromatic N) is 2. The quantitative estimate of drug-likeness (QED) is 0.844. The van der Waals surface area contributed by atoms with Gasteiger partial charge in [0.2, 0.25) is 0 Å². The fraction of sp³-hybridized carbons (Fsp3) is 0.700. The molecule has 3 nitrogen and oxygen atoms in total. The van der Waals surface area contributed by atoms with E-state index < -0.39 is 18.6 Å².